The van der Waals surface area contributed by atoms with Crippen LogP contribution in [0.25, 0.3) is 0 Å². The Hall–Kier alpha value is -2.73. The zero-order chi connectivity index (χ0) is 18.0. The molecular weight excluding hydrogens is 350 g/mol. The molecule has 4 nitrogen and oxygen atoms in total. The normalized spacial score (nSPS) is 10.8. The molecule has 3 rings (SSSR count). The lowest BCUT2D eigenvalue weighted by molar-refractivity contribution is 0.570. The fraction of sp³-hybridized carbons (Fsp3) is 0.111. The van der Waals surface area contributed by atoms with Crippen molar-refractivity contribution in [2.45, 2.75) is 13.1 Å². The summed E-state index contributed by atoms with van der Waals surface area (Å²) < 4.78 is 29.3. The predicted molar refractivity (Wildman–Crippen MR) is 91.0 cm³/mol. The van der Waals surface area contributed by atoms with Crippen LogP contribution in [0.3, 0.4) is 0 Å². The Balaban J connectivity index is 1.90. The number of halogens is 3. The average molecular weight is 363 g/mol. The maximum atomic E-state index is 13.7. The Morgan fingerprint density at radius 2 is 1.44 bits per heavy atom. The van der Waals surface area contributed by atoms with Crippen molar-refractivity contribution in [3.8, 4) is 0 Å². The molecular formula is C18H13ClF2N2O2. The van der Waals surface area contributed by atoms with Crippen LogP contribution < -0.4 is 11.1 Å². The van der Waals surface area contributed by atoms with E-state index in [-0.39, 0.29) is 18.7 Å². The Morgan fingerprint density at radius 1 is 0.840 bits per heavy atom. The van der Waals surface area contributed by atoms with E-state index in [9.17, 15) is 18.4 Å². The quantitative estimate of drug-likeness (QED) is 0.670. The first-order valence-corrected chi connectivity index (χ1v) is 7.80. The standard InChI is InChI=1S/C18H13ClF2N2O2/c19-14-3-1-12(2-4-14)10-22-7-8-23(18(25)17(22)24)11-13-9-15(20)5-6-16(13)21/h1-9H,10-11H2. The summed E-state index contributed by atoms with van der Waals surface area (Å²) in [7, 11) is 0. The number of benzene rings is 2. The van der Waals surface area contributed by atoms with Gasteiger partial charge in [-0.05, 0) is 35.9 Å². The van der Waals surface area contributed by atoms with Crippen molar-refractivity contribution >= 4 is 11.6 Å². The van der Waals surface area contributed by atoms with E-state index in [1.807, 2.05) is 0 Å². The number of rotatable bonds is 4. The van der Waals surface area contributed by atoms with Crippen LogP contribution in [0.5, 0.6) is 0 Å². The molecule has 0 aliphatic heterocycles. The molecule has 1 aromatic heterocycles. The number of hydrogen-bond donors (Lipinski definition) is 0. The summed E-state index contributed by atoms with van der Waals surface area (Å²) in [6.07, 6.45) is 2.82. The first-order chi connectivity index (χ1) is 11.9. The molecule has 0 N–H and O–H groups in total. The Morgan fingerprint density at radius 3 is 2.08 bits per heavy atom. The van der Waals surface area contributed by atoms with E-state index >= 15 is 0 Å². The molecule has 0 radical (unpaired) electrons. The van der Waals surface area contributed by atoms with Crippen LogP contribution in [0.1, 0.15) is 11.1 Å². The van der Waals surface area contributed by atoms with Gasteiger partial charge in [-0.3, -0.25) is 9.59 Å². The van der Waals surface area contributed by atoms with Crippen molar-refractivity contribution in [2.24, 2.45) is 0 Å². The summed E-state index contributed by atoms with van der Waals surface area (Å²) >= 11 is 5.81. The topological polar surface area (TPSA) is 44.0 Å². The molecule has 0 saturated heterocycles. The van der Waals surface area contributed by atoms with Crippen molar-refractivity contribution in [3.63, 3.8) is 0 Å². The van der Waals surface area contributed by atoms with Gasteiger partial charge in [-0.1, -0.05) is 23.7 Å². The van der Waals surface area contributed by atoms with Crippen LogP contribution in [0, 0.1) is 11.6 Å². The first kappa shape index (κ1) is 17.1. The highest BCUT2D eigenvalue weighted by Gasteiger charge is 2.09. The summed E-state index contributed by atoms with van der Waals surface area (Å²) in [5, 5.41) is 0.573. The lowest BCUT2D eigenvalue weighted by Crippen LogP contribution is -2.41. The second-order valence-electron chi connectivity index (χ2n) is 5.53. The third kappa shape index (κ3) is 3.85. The van der Waals surface area contributed by atoms with Gasteiger partial charge in [-0.15, -0.1) is 0 Å². The summed E-state index contributed by atoms with van der Waals surface area (Å²) in [4.78, 5) is 24.5. The Bertz CT molecular complexity index is 1030. The molecule has 0 spiro atoms. The molecule has 0 bridgehead atoms. The maximum Gasteiger partial charge on any atom is 0.316 e. The smallest absolute Gasteiger partial charge is 0.305 e. The molecule has 3 aromatic rings. The minimum Gasteiger partial charge on any atom is -0.305 e. The lowest BCUT2D eigenvalue weighted by Gasteiger charge is -2.10. The highest BCUT2D eigenvalue weighted by molar-refractivity contribution is 6.30. The summed E-state index contributed by atoms with van der Waals surface area (Å²) in [6, 6.07) is 9.86. The fourth-order valence-electron chi connectivity index (χ4n) is 2.43. The molecule has 0 amide bonds. The largest absolute Gasteiger partial charge is 0.316 e. The zero-order valence-electron chi connectivity index (χ0n) is 13.0. The Kier molecular flexibility index (Phi) is 4.81. The zero-order valence-corrected chi connectivity index (χ0v) is 13.7. The molecule has 25 heavy (non-hydrogen) atoms. The predicted octanol–water partition coefficient (Wildman–Crippen LogP) is 3.04. The van der Waals surface area contributed by atoms with Crippen molar-refractivity contribution in [1.29, 1.82) is 0 Å². The van der Waals surface area contributed by atoms with E-state index in [1.54, 1.807) is 24.3 Å². The third-order valence-electron chi connectivity index (χ3n) is 3.75. The molecule has 0 aliphatic rings. The molecule has 0 atom stereocenters. The molecule has 7 heteroatoms. The van der Waals surface area contributed by atoms with Gasteiger partial charge in [0.2, 0.25) is 0 Å². The number of hydrogen-bond acceptors (Lipinski definition) is 2. The highest BCUT2D eigenvalue weighted by Crippen LogP contribution is 2.11. The third-order valence-corrected chi connectivity index (χ3v) is 4.00. The molecule has 0 aliphatic carbocycles. The van der Waals surface area contributed by atoms with E-state index in [2.05, 4.69) is 0 Å². The van der Waals surface area contributed by atoms with Gasteiger partial charge in [-0.2, -0.15) is 0 Å². The van der Waals surface area contributed by atoms with Crippen molar-refractivity contribution < 1.29 is 8.78 Å². The van der Waals surface area contributed by atoms with Crippen molar-refractivity contribution in [3.05, 3.63) is 103 Å². The summed E-state index contributed by atoms with van der Waals surface area (Å²) in [5.41, 5.74) is -0.744. The molecule has 0 fully saturated rings. The van der Waals surface area contributed by atoms with E-state index < -0.39 is 22.8 Å². The molecule has 1 heterocycles. The van der Waals surface area contributed by atoms with E-state index in [0.717, 1.165) is 28.3 Å². The van der Waals surface area contributed by atoms with Crippen molar-refractivity contribution in [2.75, 3.05) is 0 Å². The monoisotopic (exact) mass is 362 g/mol. The number of nitrogens with zero attached hydrogens (tertiary/aromatic N) is 2. The van der Waals surface area contributed by atoms with E-state index in [0.29, 0.717) is 5.02 Å². The van der Waals surface area contributed by atoms with Gasteiger partial charge < -0.3 is 9.13 Å². The van der Waals surface area contributed by atoms with Gasteiger partial charge in [0.05, 0.1) is 13.1 Å². The highest BCUT2D eigenvalue weighted by atomic mass is 35.5. The average Bonchev–Trinajstić information content (AvgIpc) is 2.59. The van der Waals surface area contributed by atoms with Crippen LogP contribution in [-0.2, 0) is 13.1 Å². The van der Waals surface area contributed by atoms with Crippen LogP contribution >= 0.6 is 11.6 Å². The minimum absolute atomic E-state index is 0.00282. The van der Waals surface area contributed by atoms with Crippen LogP contribution in [0.15, 0.2) is 64.4 Å². The van der Waals surface area contributed by atoms with Crippen molar-refractivity contribution in [1.82, 2.24) is 9.13 Å². The lowest BCUT2D eigenvalue weighted by atomic mass is 10.2. The maximum absolute atomic E-state index is 13.7. The molecule has 0 saturated carbocycles. The van der Waals surface area contributed by atoms with Gasteiger partial charge >= 0.3 is 11.1 Å². The number of aromatic nitrogens is 2. The van der Waals surface area contributed by atoms with Gasteiger partial charge in [0, 0.05) is 23.0 Å². The molecule has 2 aromatic carbocycles. The van der Waals surface area contributed by atoms with Crippen LogP contribution in [-0.4, -0.2) is 9.13 Å². The van der Waals surface area contributed by atoms with Gasteiger partial charge in [0.15, 0.2) is 0 Å². The Labute approximate surface area is 146 Å². The first-order valence-electron chi connectivity index (χ1n) is 7.42. The van der Waals surface area contributed by atoms with Gasteiger partial charge in [-0.25, -0.2) is 8.78 Å². The SMILES string of the molecule is O=c1c(=O)n(Cc2cc(F)ccc2F)ccn1Cc1ccc(Cl)cc1. The van der Waals surface area contributed by atoms with Crippen LogP contribution in [0.4, 0.5) is 8.78 Å². The second-order valence-corrected chi connectivity index (χ2v) is 5.96. The molecule has 0 unspecified atom stereocenters. The van der Waals surface area contributed by atoms with Crippen LogP contribution in [0.2, 0.25) is 5.02 Å². The fourth-order valence-corrected chi connectivity index (χ4v) is 2.55. The summed E-state index contributed by atoms with van der Waals surface area (Å²) in [5.74, 6) is -1.25. The second kappa shape index (κ2) is 7.03. The van der Waals surface area contributed by atoms with E-state index in [1.165, 1.54) is 17.0 Å². The summed E-state index contributed by atoms with van der Waals surface area (Å²) in [6.45, 7) is -0.0140. The van der Waals surface area contributed by atoms with Gasteiger partial charge in [0.25, 0.3) is 0 Å². The minimum atomic E-state index is -0.805. The van der Waals surface area contributed by atoms with E-state index in [4.69, 9.17) is 11.6 Å². The van der Waals surface area contributed by atoms with Gasteiger partial charge in [0.1, 0.15) is 11.6 Å². The molecule has 128 valence electrons.